The molecule has 1 saturated heterocycles. The number of hydrogen-bond acceptors (Lipinski definition) is 3. The minimum Gasteiger partial charge on any atom is -0.325 e. The molecular weight excluding hydrogens is 286 g/mol. The summed E-state index contributed by atoms with van der Waals surface area (Å²) in [6.07, 6.45) is 7.23. The van der Waals surface area contributed by atoms with Crippen LogP contribution in [-0.4, -0.2) is 55.0 Å². The van der Waals surface area contributed by atoms with Crippen LogP contribution in [0.4, 0.5) is 5.69 Å². The summed E-state index contributed by atoms with van der Waals surface area (Å²) in [4.78, 5) is 17.1. The summed E-state index contributed by atoms with van der Waals surface area (Å²) in [6, 6.07) is 9.03. The summed E-state index contributed by atoms with van der Waals surface area (Å²) >= 11 is 0. The van der Waals surface area contributed by atoms with Crippen LogP contribution >= 0.6 is 0 Å². The fourth-order valence-electron chi connectivity index (χ4n) is 3.69. The minimum absolute atomic E-state index is 0.0894. The Hall–Kier alpha value is -1.39. The third kappa shape index (κ3) is 4.12. The Kier molecular flexibility index (Phi) is 5.34. The van der Waals surface area contributed by atoms with E-state index in [1.807, 2.05) is 12.1 Å². The van der Waals surface area contributed by atoms with Crippen molar-refractivity contribution in [2.24, 2.45) is 0 Å². The molecule has 126 valence electrons. The number of nitrogens with one attached hydrogen (secondary N) is 1. The molecule has 1 N–H and O–H groups in total. The van der Waals surface area contributed by atoms with Crippen LogP contribution < -0.4 is 5.32 Å². The first-order valence-corrected chi connectivity index (χ1v) is 8.94. The summed E-state index contributed by atoms with van der Waals surface area (Å²) < 4.78 is 0. The van der Waals surface area contributed by atoms with Gasteiger partial charge in [-0.15, -0.1) is 0 Å². The van der Waals surface area contributed by atoms with Gasteiger partial charge in [0.2, 0.25) is 5.91 Å². The number of benzene rings is 1. The lowest BCUT2D eigenvalue weighted by Crippen LogP contribution is -2.57. The molecule has 1 aromatic rings. The number of carbonyl (C=O) groups is 1. The third-order valence-corrected chi connectivity index (χ3v) is 5.23. The van der Waals surface area contributed by atoms with Gasteiger partial charge in [-0.25, -0.2) is 0 Å². The maximum Gasteiger partial charge on any atom is 0.241 e. The predicted molar refractivity (Wildman–Crippen MR) is 94.7 cm³/mol. The Morgan fingerprint density at radius 3 is 2.43 bits per heavy atom. The van der Waals surface area contributed by atoms with Gasteiger partial charge in [-0.1, -0.05) is 25.0 Å². The van der Waals surface area contributed by atoms with E-state index in [-0.39, 0.29) is 11.9 Å². The average Bonchev–Trinajstić information content (AvgIpc) is 2.99. The first kappa shape index (κ1) is 16.5. The van der Waals surface area contributed by atoms with E-state index < -0.39 is 0 Å². The van der Waals surface area contributed by atoms with Gasteiger partial charge in [-0.3, -0.25) is 9.69 Å². The molecule has 4 heteroatoms. The molecule has 2 aliphatic rings. The van der Waals surface area contributed by atoms with Crippen LogP contribution in [0.1, 0.15) is 37.7 Å². The summed E-state index contributed by atoms with van der Waals surface area (Å²) in [6.45, 7) is 2.14. The van der Waals surface area contributed by atoms with E-state index in [1.54, 1.807) is 0 Å². The second-order valence-electron chi connectivity index (χ2n) is 7.22. The van der Waals surface area contributed by atoms with E-state index in [2.05, 4.69) is 41.3 Å². The Morgan fingerprint density at radius 2 is 1.87 bits per heavy atom. The molecule has 4 nitrogen and oxygen atoms in total. The first-order valence-electron chi connectivity index (χ1n) is 8.94. The van der Waals surface area contributed by atoms with Crippen molar-refractivity contribution in [3.05, 3.63) is 29.8 Å². The number of likely N-dealkylation sites (N-methyl/N-ethyl adjacent to an activating group) is 1. The second-order valence-corrected chi connectivity index (χ2v) is 7.22. The van der Waals surface area contributed by atoms with Crippen molar-refractivity contribution in [2.45, 2.75) is 50.6 Å². The lowest BCUT2D eigenvalue weighted by molar-refractivity contribution is -0.127. The van der Waals surface area contributed by atoms with Gasteiger partial charge in [0.05, 0.1) is 6.04 Å². The average molecular weight is 315 g/mol. The first-order chi connectivity index (χ1) is 11.1. The van der Waals surface area contributed by atoms with Gasteiger partial charge in [0.1, 0.15) is 0 Å². The Labute approximate surface area is 139 Å². The van der Waals surface area contributed by atoms with Crippen molar-refractivity contribution in [3.8, 4) is 0 Å². The SMILES string of the molecule is CN(C)CCc1ccc(NC(=O)C2CCN2C2CCCC2)cc1. The molecule has 1 aliphatic heterocycles. The summed E-state index contributed by atoms with van der Waals surface area (Å²) in [5.41, 5.74) is 2.23. The van der Waals surface area contributed by atoms with Crippen molar-refractivity contribution in [1.82, 2.24) is 9.80 Å². The van der Waals surface area contributed by atoms with Crippen LogP contribution in [0.25, 0.3) is 0 Å². The molecular formula is C19H29N3O. The summed E-state index contributed by atoms with van der Waals surface area (Å²) in [7, 11) is 4.17. The fourth-order valence-corrected chi connectivity index (χ4v) is 3.69. The van der Waals surface area contributed by atoms with Gasteiger partial charge >= 0.3 is 0 Å². The van der Waals surface area contributed by atoms with Crippen molar-refractivity contribution < 1.29 is 4.79 Å². The highest BCUT2D eigenvalue weighted by atomic mass is 16.2. The highest BCUT2D eigenvalue weighted by molar-refractivity contribution is 5.95. The van der Waals surface area contributed by atoms with Gasteiger partial charge in [-0.2, -0.15) is 0 Å². The van der Waals surface area contributed by atoms with Gasteiger partial charge in [-0.05, 0) is 57.5 Å². The molecule has 1 aromatic carbocycles. The lowest BCUT2D eigenvalue weighted by atomic mass is 9.98. The molecule has 0 radical (unpaired) electrons. The number of anilines is 1. The van der Waals surface area contributed by atoms with Crippen molar-refractivity contribution >= 4 is 11.6 Å². The van der Waals surface area contributed by atoms with Crippen LogP contribution in [-0.2, 0) is 11.2 Å². The molecule has 2 fully saturated rings. The predicted octanol–water partition coefficient (Wildman–Crippen LogP) is 2.75. The van der Waals surface area contributed by atoms with Gasteiger partial charge in [0.15, 0.2) is 0 Å². The molecule has 0 bridgehead atoms. The highest BCUT2D eigenvalue weighted by Crippen LogP contribution is 2.31. The van der Waals surface area contributed by atoms with Crippen molar-refractivity contribution in [1.29, 1.82) is 0 Å². The van der Waals surface area contributed by atoms with Crippen LogP contribution in [0.3, 0.4) is 0 Å². The van der Waals surface area contributed by atoms with E-state index in [4.69, 9.17) is 0 Å². The zero-order valence-corrected chi connectivity index (χ0v) is 14.4. The van der Waals surface area contributed by atoms with E-state index in [0.717, 1.165) is 31.6 Å². The lowest BCUT2D eigenvalue weighted by Gasteiger charge is -2.43. The summed E-state index contributed by atoms with van der Waals surface area (Å²) in [5.74, 6) is 0.171. The van der Waals surface area contributed by atoms with Crippen LogP contribution in [0.15, 0.2) is 24.3 Å². The molecule has 1 unspecified atom stereocenters. The topological polar surface area (TPSA) is 35.6 Å². The van der Waals surface area contributed by atoms with E-state index in [9.17, 15) is 4.79 Å². The number of amides is 1. The fraction of sp³-hybridized carbons (Fsp3) is 0.632. The number of likely N-dealkylation sites (tertiary alicyclic amines) is 1. The standard InChI is InChI=1S/C19H29N3O/c1-21(2)13-11-15-7-9-16(10-8-15)20-19(23)18-12-14-22(18)17-5-3-4-6-17/h7-10,17-18H,3-6,11-14H2,1-2H3,(H,20,23). The quantitative estimate of drug-likeness (QED) is 0.877. The maximum atomic E-state index is 12.5. The molecule has 1 heterocycles. The van der Waals surface area contributed by atoms with E-state index in [1.165, 1.54) is 31.2 Å². The molecule has 0 aromatic heterocycles. The Balaban J connectivity index is 1.51. The smallest absolute Gasteiger partial charge is 0.241 e. The van der Waals surface area contributed by atoms with Crippen LogP contribution in [0.2, 0.25) is 0 Å². The minimum atomic E-state index is 0.0894. The monoisotopic (exact) mass is 315 g/mol. The second kappa shape index (κ2) is 7.45. The van der Waals surface area contributed by atoms with E-state index >= 15 is 0 Å². The zero-order valence-electron chi connectivity index (χ0n) is 14.4. The van der Waals surface area contributed by atoms with E-state index in [0.29, 0.717) is 6.04 Å². The number of hydrogen-bond donors (Lipinski definition) is 1. The van der Waals surface area contributed by atoms with Gasteiger partial charge in [0, 0.05) is 24.8 Å². The molecule has 1 aliphatic carbocycles. The number of carbonyl (C=O) groups excluding carboxylic acids is 1. The normalized spacial score (nSPS) is 22.3. The summed E-state index contributed by atoms with van der Waals surface area (Å²) in [5, 5.41) is 3.10. The molecule has 1 saturated carbocycles. The van der Waals surface area contributed by atoms with Crippen LogP contribution in [0, 0.1) is 0 Å². The molecule has 23 heavy (non-hydrogen) atoms. The van der Waals surface area contributed by atoms with Gasteiger partial charge in [0.25, 0.3) is 0 Å². The molecule has 1 atom stereocenters. The largest absolute Gasteiger partial charge is 0.325 e. The molecule has 1 amide bonds. The third-order valence-electron chi connectivity index (χ3n) is 5.23. The maximum absolute atomic E-state index is 12.5. The molecule has 3 rings (SSSR count). The van der Waals surface area contributed by atoms with Crippen molar-refractivity contribution in [3.63, 3.8) is 0 Å². The molecule has 0 spiro atoms. The highest BCUT2D eigenvalue weighted by Gasteiger charge is 2.39. The van der Waals surface area contributed by atoms with Gasteiger partial charge < -0.3 is 10.2 Å². The van der Waals surface area contributed by atoms with Crippen LogP contribution in [0.5, 0.6) is 0 Å². The Bertz CT molecular complexity index is 520. The zero-order chi connectivity index (χ0) is 16.2. The van der Waals surface area contributed by atoms with Crippen molar-refractivity contribution in [2.75, 3.05) is 32.5 Å². The number of nitrogens with zero attached hydrogens (tertiary/aromatic N) is 2. The Morgan fingerprint density at radius 1 is 1.17 bits per heavy atom. The number of rotatable bonds is 6.